The van der Waals surface area contributed by atoms with Gasteiger partial charge in [-0.3, -0.25) is 4.68 Å². The van der Waals surface area contributed by atoms with Gasteiger partial charge in [0.05, 0.1) is 6.26 Å². The average molecular weight is 291 g/mol. The van der Waals surface area contributed by atoms with Gasteiger partial charge in [-0.15, -0.1) is 0 Å². The van der Waals surface area contributed by atoms with Crippen molar-refractivity contribution >= 4 is 0 Å². The Hall–Kier alpha value is -1.55. The summed E-state index contributed by atoms with van der Waals surface area (Å²) in [4.78, 5) is 0. The van der Waals surface area contributed by atoms with Gasteiger partial charge in [0.2, 0.25) is 0 Å². The van der Waals surface area contributed by atoms with E-state index >= 15 is 0 Å². The zero-order chi connectivity index (χ0) is 15.7. The molecule has 0 aliphatic carbocycles. The topological polar surface area (TPSA) is 43.0 Å². The Morgan fingerprint density at radius 2 is 1.86 bits per heavy atom. The van der Waals surface area contributed by atoms with Crippen molar-refractivity contribution in [2.45, 2.75) is 46.5 Å². The highest BCUT2D eigenvalue weighted by Crippen LogP contribution is 2.28. The molecule has 0 saturated carbocycles. The molecule has 1 fully saturated rings. The van der Waals surface area contributed by atoms with Crippen molar-refractivity contribution in [1.82, 2.24) is 15.1 Å². The van der Waals surface area contributed by atoms with Crippen molar-refractivity contribution in [2.75, 3.05) is 13.1 Å². The lowest BCUT2D eigenvalue weighted by Gasteiger charge is -2.22. The SMILES string of the molecule is CC.CC.Cn1nc(-c2ccco2)cc1C1CCNCC1. The summed E-state index contributed by atoms with van der Waals surface area (Å²) in [6, 6.07) is 6.01. The Morgan fingerprint density at radius 1 is 1.19 bits per heavy atom. The van der Waals surface area contributed by atoms with E-state index in [1.54, 1.807) is 6.26 Å². The lowest BCUT2D eigenvalue weighted by molar-refractivity contribution is 0.440. The molecular weight excluding hydrogens is 262 g/mol. The smallest absolute Gasteiger partial charge is 0.154 e. The first kappa shape index (κ1) is 17.5. The van der Waals surface area contributed by atoms with Crippen LogP contribution in [0.15, 0.2) is 28.9 Å². The molecule has 0 unspecified atom stereocenters. The van der Waals surface area contributed by atoms with Gasteiger partial charge in [0, 0.05) is 18.7 Å². The van der Waals surface area contributed by atoms with Crippen LogP contribution in [0.2, 0.25) is 0 Å². The van der Waals surface area contributed by atoms with Gasteiger partial charge in [-0.1, -0.05) is 27.7 Å². The Labute approximate surface area is 128 Å². The summed E-state index contributed by atoms with van der Waals surface area (Å²) in [5.74, 6) is 1.47. The van der Waals surface area contributed by atoms with E-state index in [1.165, 1.54) is 18.5 Å². The van der Waals surface area contributed by atoms with Gasteiger partial charge in [-0.2, -0.15) is 5.10 Å². The summed E-state index contributed by atoms with van der Waals surface area (Å²) < 4.78 is 7.38. The van der Waals surface area contributed by atoms with E-state index in [9.17, 15) is 0 Å². The molecule has 1 N–H and O–H groups in total. The van der Waals surface area contributed by atoms with Crippen molar-refractivity contribution in [3.05, 3.63) is 30.2 Å². The van der Waals surface area contributed by atoms with Gasteiger partial charge in [0.15, 0.2) is 5.76 Å². The zero-order valence-corrected chi connectivity index (χ0v) is 14.0. The number of aryl methyl sites for hydroxylation is 1. The molecule has 0 spiro atoms. The molecule has 1 aliphatic rings. The number of aromatic nitrogens is 2. The summed E-state index contributed by atoms with van der Waals surface area (Å²) in [6.07, 6.45) is 4.07. The van der Waals surface area contributed by atoms with Crippen LogP contribution in [0, 0.1) is 0 Å². The Morgan fingerprint density at radius 3 is 2.43 bits per heavy atom. The molecule has 0 amide bonds. The van der Waals surface area contributed by atoms with E-state index in [-0.39, 0.29) is 0 Å². The van der Waals surface area contributed by atoms with E-state index in [4.69, 9.17) is 4.42 Å². The highest BCUT2D eigenvalue weighted by Gasteiger charge is 2.20. The first-order valence-electron chi connectivity index (χ1n) is 8.13. The molecule has 0 aromatic carbocycles. The zero-order valence-electron chi connectivity index (χ0n) is 14.0. The van der Waals surface area contributed by atoms with E-state index in [2.05, 4.69) is 16.5 Å². The van der Waals surface area contributed by atoms with Crippen LogP contribution in [-0.2, 0) is 7.05 Å². The first-order chi connectivity index (χ1) is 10.3. The molecule has 4 heteroatoms. The molecule has 1 saturated heterocycles. The Bertz CT molecular complexity index is 482. The second kappa shape index (κ2) is 9.40. The molecular formula is C17H29N3O. The average Bonchev–Trinajstić information content (AvgIpc) is 3.21. The van der Waals surface area contributed by atoms with E-state index < -0.39 is 0 Å². The van der Waals surface area contributed by atoms with Crippen molar-refractivity contribution in [3.8, 4) is 11.5 Å². The minimum absolute atomic E-state index is 0.623. The highest BCUT2D eigenvalue weighted by atomic mass is 16.3. The second-order valence-corrected chi connectivity index (χ2v) is 4.58. The van der Waals surface area contributed by atoms with Crippen LogP contribution < -0.4 is 5.32 Å². The van der Waals surface area contributed by atoms with Gasteiger partial charge >= 0.3 is 0 Å². The number of hydrogen-bond acceptors (Lipinski definition) is 3. The molecule has 4 nitrogen and oxygen atoms in total. The fourth-order valence-electron chi connectivity index (χ4n) is 2.53. The van der Waals surface area contributed by atoms with Gasteiger partial charge in [-0.25, -0.2) is 0 Å². The third-order valence-corrected chi connectivity index (χ3v) is 3.45. The molecule has 118 valence electrons. The van der Waals surface area contributed by atoms with Crippen LogP contribution >= 0.6 is 0 Å². The lowest BCUT2D eigenvalue weighted by atomic mass is 9.94. The van der Waals surface area contributed by atoms with Crippen molar-refractivity contribution < 1.29 is 4.42 Å². The number of rotatable bonds is 2. The van der Waals surface area contributed by atoms with Gasteiger partial charge in [-0.05, 0) is 44.1 Å². The van der Waals surface area contributed by atoms with Crippen LogP contribution in [-0.4, -0.2) is 22.9 Å². The van der Waals surface area contributed by atoms with Crippen LogP contribution in [0.1, 0.15) is 52.1 Å². The fourth-order valence-corrected chi connectivity index (χ4v) is 2.53. The molecule has 0 atom stereocenters. The summed E-state index contributed by atoms with van der Waals surface area (Å²) in [5, 5.41) is 7.92. The first-order valence-corrected chi connectivity index (χ1v) is 8.13. The van der Waals surface area contributed by atoms with Crippen LogP contribution in [0.25, 0.3) is 11.5 Å². The number of nitrogens with zero attached hydrogens (tertiary/aromatic N) is 2. The largest absolute Gasteiger partial charge is 0.463 e. The van der Waals surface area contributed by atoms with E-state index in [1.807, 2.05) is 51.6 Å². The second-order valence-electron chi connectivity index (χ2n) is 4.58. The molecule has 3 rings (SSSR count). The number of hydrogen-bond donors (Lipinski definition) is 1. The van der Waals surface area contributed by atoms with E-state index in [0.717, 1.165) is 24.5 Å². The maximum atomic E-state index is 5.39. The fraction of sp³-hybridized carbons (Fsp3) is 0.588. The van der Waals surface area contributed by atoms with Gasteiger partial charge in [0.1, 0.15) is 5.69 Å². The summed E-state index contributed by atoms with van der Waals surface area (Å²) in [5.41, 5.74) is 2.25. The van der Waals surface area contributed by atoms with Gasteiger partial charge in [0.25, 0.3) is 0 Å². The van der Waals surface area contributed by atoms with Crippen LogP contribution in [0.4, 0.5) is 0 Å². The molecule has 1 aliphatic heterocycles. The van der Waals surface area contributed by atoms with Crippen molar-refractivity contribution in [3.63, 3.8) is 0 Å². The molecule has 2 aromatic heterocycles. The number of piperidine rings is 1. The van der Waals surface area contributed by atoms with Gasteiger partial charge < -0.3 is 9.73 Å². The quantitative estimate of drug-likeness (QED) is 0.901. The molecule has 3 heterocycles. The minimum Gasteiger partial charge on any atom is -0.463 e. The number of furan rings is 1. The Balaban J connectivity index is 0.000000510. The maximum absolute atomic E-state index is 5.39. The Kier molecular flexibility index (Phi) is 7.83. The normalized spacial score (nSPS) is 14.7. The molecule has 0 bridgehead atoms. The predicted octanol–water partition coefficient (Wildman–Crippen LogP) is 4.20. The standard InChI is InChI=1S/C13H17N3O.2C2H6/c1-16-12(10-4-6-14-7-5-10)9-11(15-16)13-3-2-8-17-13;2*1-2/h2-3,8-10,14H,4-7H2,1H3;2*1-2H3. The van der Waals surface area contributed by atoms with Crippen molar-refractivity contribution in [2.24, 2.45) is 7.05 Å². The summed E-state index contributed by atoms with van der Waals surface area (Å²) in [6.45, 7) is 10.2. The van der Waals surface area contributed by atoms with Crippen LogP contribution in [0.5, 0.6) is 0 Å². The summed E-state index contributed by atoms with van der Waals surface area (Å²) in [7, 11) is 2.02. The third-order valence-electron chi connectivity index (χ3n) is 3.45. The molecule has 0 radical (unpaired) electrons. The highest BCUT2D eigenvalue weighted by molar-refractivity contribution is 5.52. The minimum atomic E-state index is 0.623. The molecule has 2 aromatic rings. The van der Waals surface area contributed by atoms with Crippen LogP contribution in [0.3, 0.4) is 0 Å². The predicted molar refractivity (Wildman–Crippen MR) is 88.5 cm³/mol. The van der Waals surface area contributed by atoms with E-state index in [0.29, 0.717) is 5.92 Å². The summed E-state index contributed by atoms with van der Waals surface area (Å²) >= 11 is 0. The van der Waals surface area contributed by atoms with Crippen molar-refractivity contribution in [1.29, 1.82) is 0 Å². The number of nitrogens with one attached hydrogen (secondary N) is 1. The third kappa shape index (κ3) is 4.46. The maximum Gasteiger partial charge on any atom is 0.154 e. The molecule has 21 heavy (non-hydrogen) atoms. The lowest BCUT2D eigenvalue weighted by Crippen LogP contribution is -2.27. The monoisotopic (exact) mass is 291 g/mol.